The summed E-state index contributed by atoms with van der Waals surface area (Å²) in [7, 11) is -1.99. The van der Waals surface area contributed by atoms with E-state index >= 15 is 0 Å². The lowest BCUT2D eigenvalue weighted by Gasteiger charge is -2.09. The number of hydrogen-bond donors (Lipinski definition) is 1. The molecule has 0 aliphatic rings. The summed E-state index contributed by atoms with van der Waals surface area (Å²) in [5.74, 6) is 0.867. The van der Waals surface area contributed by atoms with E-state index in [9.17, 15) is 8.42 Å². The third-order valence-electron chi connectivity index (χ3n) is 3.33. The third kappa shape index (κ3) is 4.05. The van der Waals surface area contributed by atoms with Gasteiger partial charge in [0.05, 0.1) is 12.0 Å². The number of nitrogens with one attached hydrogen (secondary N) is 1. The molecule has 0 fully saturated rings. The Kier molecular flexibility index (Phi) is 5.15. The molecule has 6 heteroatoms. The van der Waals surface area contributed by atoms with Gasteiger partial charge in [0, 0.05) is 18.8 Å². The van der Waals surface area contributed by atoms with E-state index < -0.39 is 10.0 Å². The van der Waals surface area contributed by atoms with Gasteiger partial charge in [-0.1, -0.05) is 32.0 Å². The van der Waals surface area contributed by atoms with Crippen LogP contribution in [0.5, 0.6) is 5.88 Å². The molecule has 0 aliphatic carbocycles. The Morgan fingerprint density at radius 3 is 2.32 bits per heavy atom. The quantitative estimate of drug-likeness (QED) is 0.888. The van der Waals surface area contributed by atoms with Crippen molar-refractivity contribution in [2.24, 2.45) is 0 Å². The molecule has 22 heavy (non-hydrogen) atoms. The number of ether oxygens (including phenoxy) is 1. The molecule has 1 aromatic heterocycles. The van der Waals surface area contributed by atoms with Gasteiger partial charge in [0.25, 0.3) is 0 Å². The predicted octanol–water partition coefficient (Wildman–Crippen LogP) is 2.69. The van der Waals surface area contributed by atoms with Crippen LogP contribution in [0.2, 0.25) is 0 Å². The molecule has 0 atom stereocenters. The van der Waals surface area contributed by atoms with Crippen molar-refractivity contribution in [2.75, 3.05) is 7.11 Å². The van der Waals surface area contributed by atoms with Crippen LogP contribution in [0.1, 0.15) is 30.9 Å². The Labute approximate surface area is 131 Å². The zero-order valence-corrected chi connectivity index (χ0v) is 13.7. The van der Waals surface area contributed by atoms with Crippen molar-refractivity contribution in [3.05, 3.63) is 53.7 Å². The first-order chi connectivity index (χ1) is 10.4. The van der Waals surface area contributed by atoms with Crippen molar-refractivity contribution in [2.45, 2.75) is 31.2 Å². The van der Waals surface area contributed by atoms with Crippen LogP contribution in [-0.4, -0.2) is 20.5 Å². The maximum Gasteiger partial charge on any atom is 0.240 e. The number of methoxy groups -OCH3 is 1. The molecule has 1 N–H and O–H groups in total. The standard InChI is InChI=1S/C16H20N2O3S/c1-12(2)14-5-7-15(8-6-14)22(19,20)18-11-13-4-9-16(21-3)17-10-13/h4-10,12,18H,11H2,1-3H3. The van der Waals surface area contributed by atoms with Gasteiger partial charge in [-0.2, -0.15) is 0 Å². The molecule has 0 bridgehead atoms. The van der Waals surface area contributed by atoms with Crippen molar-refractivity contribution in [1.29, 1.82) is 0 Å². The topological polar surface area (TPSA) is 68.3 Å². The number of aromatic nitrogens is 1. The van der Waals surface area contributed by atoms with E-state index in [0.717, 1.165) is 11.1 Å². The molecule has 0 saturated carbocycles. The number of sulfonamides is 1. The highest BCUT2D eigenvalue weighted by Crippen LogP contribution is 2.17. The summed E-state index contributed by atoms with van der Waals surface area (Å²) in [5, 5.41) is 0. The predicted molar refractivity (Wildman–Crippen MR) is 85.3 cm³/mol. The van der Waals surface area contributed by atoms with E-state index in [1.165, 1.54) is 7.11 Å². The Morgan fingerprint density at radius 1 is 1.14 bits per heavy atom. The number of pyridine rings is 1. The van der Waals surface area contributed by atoms with Gasteiger partial charge in [0.15, 0.2) is 0 Å². The van der Waals surface area contributed by atoms with Crippen LogP contribution in [0.3, 0.4) is 0 Å². The molecule has 118 valence electrons. The minimum atomic E-state index is -3.53. The van der Waals surface area contributed by atoms with Gasteiger partial charge >= 0.3 is 0 Å². The molecule has 5 nitrogen and oxygen atoms in total. The number of nitrogens with zero attached hydrogens (tertiary/aromatic N) is 1. The molecule has 1 heterocycles. The van der Waals surface area contributed by atoms with Crippen molar-refractivity contribution in [1.82, 2.24) is 9.71 Å². The van der Waals surface area contributed by atoms with Gasteiger partial charge < -0.3 is 4.74 Å². The Bertz CT molecular complexity index is 708. The number of rotatable bonds is 6. The van der Waals surface area contributed by atoms with E-state index in [4.69, 9.17) is 4.74 Å². The van der Waals surface area contributed by atoms with Gasteiger partial charge in [-0.15, -0.1) is 0 Å². The second kappa shape index (κ2) is 6.89. The highest BCUT2D eigenvalue weighted by molar-refractivity contribution is 7.89. The van der Waals surface area contributed by atoms with Crippen LogP contribution in [0.4, 0.5) is 0 Å². The Hall–Kier alpha value is -1.92. The molecule has 1 aromatic carbocycles. The minimum absolute atomic E-state index is 0.186. The van der Waals surface area contributed by atoms with Crippen molar-refractivity contribution >= 4 is 10.0 Å². The SMILES string of the molecule is COc1ccc(CNS(=O)(=O)c2ccc(C(C)C)cc2)cn1. The fourth-order valence-electron chi connectivity index (χ4n) is 1.93. The highest BCUT2D eigenvalue weighted by Gasteiger charge is 2.14. The van der Waals surface area contributed by atoms with Gasteiger partial charge in [-0.3, -0.25) is 0 Å². The fraction of sp³-hybridized carbons (Fsp3) is 0.312. The summed E-state index contributed by atoms with van der Waals surface area (Å²) in [6.45, 7) is 4.32. The Morgan fingerprint density at radius 2 is 1.82 bits per heavy atom. The van der Waals surface area contributed by atoms with E-state index in [2.05, 4.69) is 23.6 Å². The first kappa shape index (κ1) is 16.5. The van der Waals surface area contributed by atoms with Crippen LogP contribution in [0, 0.1) is 0 Å². The summed E-state index contributed by atoms with van der Waals surface area (Å²) in [6, 6.07) is 10.4. The molecule has 0 unspecified atom stereocenters. The van der Waals surface area contributed by atoms with E-state index in [1.54, 1.807) is 30.5 Å². The summed E-state index contributed by atoms with van der Waals surface area (Å²) < 4.78 is 32.0. The van der Waals surface area contributed by atoms with Crippen LogP contribution in [0.25, 0.3) is 0 Å². The van der Waals surface area contributed by atoms with E-state index in [-0.39, 0.29) is 11.4 Å². The summed E-state index contributed by atoms with van der Waals surface area (Å²) in [5.41, 5.74) is 1.88. The molecular formula is C16H20N2O3S. The summed E-state index contributed by atoms with van der Waals surface area (Å²) in [6.07, 6.45) is 1.59. The average molecular weight is 320 g/mol. The average Bonchev–Trinajstić information content (AvgIpc) is 2.53. The Balaban J connectivity index is 2.06. The normalized spacial score (nSPS) is 11.6. The zero-order valence-electron chi connectivity index (χ0n) is 12.9. The summed E-state index contributed by atoms with van der Waals surface area (Å²) in [4.78, 5) is 4.31. The highest BCUT2D eigenvalue weighted by atomic mass is 32.2. The van der Waals surface area contributed by atoms with Crippen LogP contribution in [-0.2, 0) is 16.6 Å². The van der Waals surface area contributed by atoms with E-state index in [0.29, 0.717) is 11.8 Å². The van der Waals surface area contributed by atoms with Gasteiger partial charge in [-0.05, 0) is 29.2 Å². The lowest BCUT2D eigenvalue weighted by Crippen LogP contribution is -2.23. The largest absolute Gasteiger partial charge is 0.481 e. The fourth-order valence-corrected chi connectivity index (χ4v) is 2.95. The van der Waals surface area contributed by atoms with Crippen LogP contribution in [0.15, 0.2) is 47.5 Å². The summed E-state index contributed by atoms with van der Waals surface area (Å²) >= 11 is 0. The monoisotopic (exact) mass is 320 g/mol. The number of benzene rings is 1. The van der Waals surface area contributed by atoms with Crippen molar-refractivity contribution in [3.63, 3.8) is 0 Å². The maximum atomic E-state index is 12.3. The second-order valence-electron chi connectivity index (χ2n) is 5.26. The third-order valence-corrected chi connectivity index (χ3v) is 4.75. The minimum Gasteiger partial charge on any atom is -0.481 e. The molecule has 2 aromatic rings. The van der Waals surface area contributed by atoms with Gasteiger partial charge in [-0.25, -0.2) is 18.1 Å². The first-order valence-electron chi connectivity index (χ1n) is 7.01. The van der Waals surface area contributed by atoms with Crippen molar-refractivity contribution in [3.8, 4) is 5.88 Å². The second-order valence-corrected chi connectivity index (χ2v) is 7.02. The molecular weight excluding hydrogens is 300 g/mol. The molecule has 0 saturated heterocycles. The smallest absolute Gasteiger partial charge is 0.240 e. The molecule has 0 aliphatic heterocycles. The zero-order chi connectivity index (χ0) is 16.2. The van der Waals surface area contributed by atoms with Crippen LogP contribution < -0.4 is 9.46 Å². The first-order valence-corrected chi connectivity index (χ1v) is 8.49. The molecule has 0 spiro atoms. The van der Waals surface area contributed by atoms with E-state index in [1.807, 2.05) is 12.1 Å². The molecule has 0 amide bonds. The van der Waals surface area contributed by atoms with Crippen molar-refractivity contribution < 1.29 is 13.2 Å². The maximum absolute atomic E-state index is 12.3. The van der Waals surface area contributed by atoms with Gasteiger partial charge in [0.1, 0.15) is 0 Å². The lowest BCUT2D eigenvalue weighted by atomic mass is 10.0. The number of hydrogen-bond acceptors (Lipinski definition) is 4. The lowest BCUT2D eigenvalue weighted by molar-refractivity contribution is 0.397. The molecule has 2 rings (SSSR count). The van der Waals surface area contributed by atoms with Gasteiger partial charge in [0.2, 0.25) is 15.9 Å². The van der Waals surface area contributed by atoms with Crippen LogP contribution >= 0.6 is 0 Å². The molecule has 0 radical (unpaired) electrons.